The van der Waals surface area contributed by atoms with Crippen LogP contribution in [0.15, 0.2) is 18.2 Å². The number of pyridine rings is 1. The van der Waals surface area contributed by atoms with Crippen molar-refractivity contribution in [3.05, 3.63) is 29.6 Å². The fourth-order valence-electron chi connectivity index (χ4n) is 10.2. The van der Waals surface area contributed by atoms with Crippen molar-refractivity contribution in [1.29, 1.82) is 0 Å². The van der Waals surface area contributed by atoms with Crippen molar-refractivity contribution in [2.24, 2.45) is 0 Å². The van der Waals surface area contributed by atoms with E-state index in [1.165, 1.54) is 135 Å². The molecule has 1 radical (unpaired) electrons. The first kappa shape index (κ1) is 78.3. The Morgan fingerprint density at radius 2 is 0.988 bits per heavy atom. The van der Waals surface area contributed by atoms with Gasteiger partial charge in [-0.25, -0.2) is 0 Å². The molecule has 4 N–H and O–H groups in total. The minimum Gasteiger partial charge on any atom is -0.756 e. The number of amides is 1. The van der Waals surface area contributed by atoms with Gasteiger partial charge >= 0.3 is 69.8 Å². The summed E-state index contributed by atoms with van der Waals surface area (Å²) < 4.78 is 34.0. The summed E-state index contributed by atoms with van der Waals surface area (Å²) in [5, 5.41) is 32.1. The van der Waals surface area contributed by atoms with Gasteiger partial charge in [0.1, 0.15) is 12.6 Å². The van der Waals surface area contributed by atoms with Gasteiger partial charge in [-0.1, -0.05) is 200 Å². The molecule has 1 aliphatic rings. The number of hydrogen-bond donors (Lipinski definition) is 4. The van der Waals surface area contributed by atoms with Crippen LogP contribution < -0.4 is 10.2 Å². The van der Waals surface area contributed by atoms with Crippen molar-refractivity contribution < 1.29 is 112 Å². The molecule has 83 heavy (non-hydrogen) atoms. The fourth-order valence-corrected chi connectivity index (χ4v) is 11.0. The van der Waals surface area contributed by atoms with Crippen molar-refractivity contribution in [3.8, 4) is 0 Å². The van der Waals surface area contributed by atoms with E-state index in [0.29, 0.717) is 24.2 Å². The molecule has 2 unspecified atom stereocenters. The molecule has 0 spiro atoms. The van der Waals surface area contributed by atoms with E-state index in [4.69, 9.17) is 18.5 Å². The zero-order valence-electron chi connectivity index (χ0n) is 50.7. The molecule has 3 atom stereocenters. The monoisotopic (exact) mass is 1340 g/mol. The molecule has 22 heteroatoms. The van der Waals surface area contributed by atoms with E-state index in [9.17, 15) is 53.5 Å². The smallest absolute Gasteiger partial charge is 0.756 e. The van der Waals surface area contributed by atoms with Crippen LogP contribution in [0, 0.1) is 39.9 Å². The fraction of sp³-hybridized carbons (Fsp3) is 0.820. The normalized spacial score (nSPS) is 15.0. The van der Waals surface area contributed by atoms with Gasteiger partial charge < -0.3 is 44.1 Å². The summed E-state index contributed by atoms with van der Waals surface area (Å²) in [5.74, 6) is -5.04. The zero-order valence-corrected chi connectivity index (χ0v) is 53.9. The average Bonchev–Trinajstić information content (AvgIpc) is 3.47. The van der Waals surface area contributed by atoms with Gasteiger partial charge in [-0.2, -0.15) is 0 Å². The Morgan fingerprint density at radius 3 is 1.40 bits per heavy atom. The Kier molecular flexibility index (Phi) is 48.4. The van der Waals surface area contributed by atoms with Gasteiger partial charge in [0.25, 0.3) is 7.82 Å². The molecule has 2 bridgehead atoms. The Morgan fingerprint density at radius 1 is 0.578 bits per heavy atom. The number of nitrogens with one attached hydrogen (secondary N) is 1. The van der Waals surface area contributed by atoms with Crippen LogP contribution in [0.1, 0.15) is 244 Å². The summed E-state index contributed by atoms with van der Waals surface area (Å²) in [7, 11) is -5.03. The summed E-state index contributed by atoms with van der Waals surface area (Å²) in [6.45, 7) is 2.66. The Balaban J connectivity index is 0.0000344. The van der Waals surface area contributed by atoms with Crippen LogP contribution in [-0.4, -0.2) is 149 Å². The van der Waals surface area contributed by atoms with Crippen molar-refractivity contribution in [2.45, 2.75) is 257 Å². The van der Waals surface area contributed by atoms with Gasteiger partial charge in [0, 0.05) is 65.1 Å². The minimum absolute atomic E-state index is 0. The number of carbonyl (C=O) groups is 6. The van der Waals surface area contributed by atoms with Crippen molar-refractivity contribution >= 4 is 43.6 Å². The second kappa shape index (κ2) is 51.3. The van der Waals surface area contributed by atoms with E-state index >= 15 is 0 Å². The molecule has 1 amide bonds. The molecule has 0 aromatic carbocycles. The van der Waals surface area contributed by atoms with Crippen LogP contribution in [-0.2, 0) is 64.9 Å². The van der Waals surface area contributed by atoms with Crippen molar-refractivity contribution in [1.82, 2.24) is 25.0 Å². The Bertz CT molecular complexity index is 1900. The SMILES string of the molecule is CCCCCCCCCCCCCCCCCC(=O)OC[C@H](COP(=O)([O-])OCCNC(=O)CCC(C(=O)O)N1CCN(CC(=O)O)Cc2cccc(n2)CN(CC(=O)O)CC1)OC(=O)CCCCCCCCCCCCCCCCC.[Gd+3]. The minimum atomic E-state index is -5.03. The number of phosphoric ester groups is 1. The predicted molar refractivity (Wildman–Crippen MR) is 315 cm³/mol. The average molecular weight is 1340 g/mol. The molecule has 1 aromatic heterocycles. The van der Waals surface area contributed by atoms with E-state index < -0.39 is 75.5 Å². The third-order valence-corrected chi connectivity index (χ3v) is 15.9. The third kappa shape index (κ3) is 44.4. The van der Waals surface area contributed by atoms with Crippen LogP contribution in [0.4, 0.5) is 0 Å². The number of carboxylic acid groups (broad SMARTS) is 3. The molecule has 1 aliphatic heterocycles. The van der Waals surface area contributed by atoms with Crippen LogP contribution in [0.2, 0.25) is 0 Å². The third-order valence-electron chi connectivity index (χ3n) is 14.9. The number of unbranched alkanes of at least 4 members (excludes halogenated alkanes) is 28. The first-order valence-electron chi connectivity index (χ1n) is 31.6. The van der Waals surface area contributed by atoms with E-state index in [0.717, 1.165) is 44.9 Å². The van der Waals surface area contributed by atoms with Gasteiger partial charge in [-0.15, -0.1) is 0 Å². The number of fused-ring (bicyclic) bond motifs is 2. The molecule has 477 valence electrons. The number of aliphatic carboxylic acids is 3. The van der Waals surface area contributed by atoms with Crippen LogP contribution in [0.3, 0.4) is 0 Å². The molecule has 0 saturated heterocycles. The van der Waals surface area contributed by atoms with Crippen LogP contribution in [0.5, 0.6) is 0 Å². The first-order valence-corrected chi connectivity index (χ1v) is 33.1. The van der Waals surface area contributed by atoms with E-state index in [-0.39, 0.29) is 125 Å². The largest absolute Gasteiger partial charge is 3.00 e. The molecule has 0 aliphatic carbocycles. The molecule has 0 fully saturated rings. The van der Waals surface area contributed by atoms with Crippen LogP contribution >= 0.6 is 7.82 Å². The summed E-state index contributed by atoms with van der Waals surface area (Å²) in [6.07, 6.45) is 34.2. The number of hydrogen-bond acceptors (Lipinski definition) is 16. The molecule has 2 heterocycles. The van der Waals surface area contributed by atoms with Gasteiger partial charge in [0.2, 0.25) is 5.91 Å². The van der Waals surface area contributed by atoms with Crippen molar-refractivity contribution in [3.63, 3.8) is 0 Å². The molecular formula is C61H107GdN5O15P+2. The number of aromatic nitrogens is 1. The maximum absolute atomic E-state index is 13.0. The van der Waals surface area contributed by atoms with Crippen molar-refractivity contribution in [2.75, 3.05) is 65.6 Å². The number of carbonyl (C=O) groups excluding carboxylic acids is 3. The standard InChI is InChI=1S/C61H108N5O15P.Gd/c1-3-5-7-9-11-13-15-17-19-21-23-25-27-29-31-36-59(72)78-50-54(81-60(73)37-32-30-28-26-24-22-20-18-16-14-12-10-8-6-4-2)51-80-82(76,77)79-45-40-62-56(67)39-38-55(61(74)75)66-43-41-64(48-57(68)69)46-52-34-33-35-53(63-52)47-65(42-44-66)49-58(70)71;/h33-35,54-55H,3-32,36-51H2,1-2H3,(H,62,67)(H,68,69)(H,70,71)(H,74,75)(H,76,77);/q;+3/p-1/t54-,55?;/m1./s1. The second-order valence-electron chi connectivity index (χ2n) is 22.4. The van der Waals surface area contributed by atoms with Gasteiger partial charge in [-0.3, -0.25) is 53.0 Å². The number of nitrogens with zero attached hydrogens (tertiary/aromatic N) is 4. The summed E-state index contributed by atoms with van der Waals surface area (Å²) >= 11 is 0. The number of ether oxygens (including phenoxy) is 2. The van der Waals surface area contributed by atoms with Gasteiger partial charge in [0.05, 0.1) is 37.7 Å². The predicted octanol–water partition coefficient (Wildman–Crippen LogP) is 11.0. The topological polar surface area (TPSA) is 275 Å². The van der Waals surface area contributed by atoms with E-state index in [1.807, 2.05) is 0 Å². The van der Waals surface area contributed by atoms with E-state index in [2.05, 4.69) is 24.1 Å². The maximum atomic E-state index is 13.0. The summed E-state index contributed by atoms with van der Waals surface area (Å²) in [5.41, 5.74) is 1.14. The summed E-state index contributed by atoms with van der Waals surface area (Å²) in [4.78, 5) is 97.2. The zero-order chi connectivity index (χ0) is 59.9. The molecule has 1 aromatic rings. The molecular weight excluding hydrogens is 1230 g/mol. The first-order chi connectivity index (χ1) is 39.6. The molecule has 2 rings (SSSR count). The number of carboxylic acids is 3. The number of esters is 2. The summed E-state index contributed by atoms with van der Waals surface area (Å²) in [6, 6.07) is 4.02. The van der Waals surface area contributed by atoms with Gasteiger partial charge in [0.15, 0.2) is 6.10 Å². The number of rotatable bonds is 51. The molecule has 0 saturated carbocycles. The van der Waals surface area contributed by atoms with Crippen LogP contribution in [0.25, 0.3) is 0 Å². The van der Waals surface area contributed by atoms with E-state index in [1.54, 1.807) is 32.9 Å². The molecule has 20 nitrogen and oxygen atoms in total. The maximum Gasteiger partial charge on any atom is 3.00 e. The Hall–Kier alpha value is -2.72. The Labute approximate surface area is 529 Å². The number of phosphoric acid groups is 1. The van der Waals surface area contributed by atoms with Gasteiger partial charge in [-0.05, 0) is 31.4 Å². The second-order valence-corrected chi connectivity index (χ2v) is 23.8. The quantitative estimate of drug-likeness (QED) is 0.0268.